The number of carbonyl (C=O) groups is 1. The zero-order valence-electron chi connectivity index (χ0n) is 11.8. The van der Waals surface area contributed by atoms with Crippen molar-refractivity contribution in [1.82, 2.24) is 10.6 Å². The number of anilines is 1. The molecule has 104 valence electrons. The standard InChI is InChI=1S/C15H23N3O/c1-18(2)14-7-5-13(6-8-14)10-17-15(19)11-16-9-12-3-4-12/h5-8,12,16H,3-4,9-11H2,1-2H3,(H,17,19). The maximum atomic E-state index is 11.6. The fraction of sp³-hybridized carbons (Fsp3) is 0.533. The van der Waals surface area contributed by atoms with Crippen LogP contribution in [0.1, 0.15) is 18.4 Å². The Bertz CT molecular complexity index is 410. The van der Waals surface area contributed by atoms with Gasteiger partial charge in [0.15, 0.2) is 0 Å². The van der Waals surface area contributed by atoms with Crippen LogP contribution in [0.4, 0.5) is 5.69 Å². The van der Waals surface area contributed by atoms with E-state index in [1.807, 2.05) is 26.2 Å². The molecule has 2 N–H and O–H groups in total. The van der Waals surface area contributed by atoms with Crippen molar-refractivity contribution in [3.8, 4) is 0 Å². The summed E-state index contributed by atoms with van der Waals surface area (Å²) in [6.45, 7) is 1.99. The van der Waals surface area contributed by atoms with E-state index in [9.17, 15) is 4.79 Å². The highest BCUT2D eigenvalue weighted by atomic mass is 16.1. The highest BCUT2D eigenvalue weighted by molar-refractivity contribution is 5.77. The summed E-state index contributed by atoms with van der Waals surface area (Å²) in [7, 11) is 4.03. The van der Waals surface area contributed by atoms with Crippen molar-refractivity contribution < 1.29 is 4.79 Å². The fourth-order valence-corrected chi connectivity index (χ4v) is 1.89. The van der Waals surface area contributed by atoms with Crippen LogP contribution >= 0.6 is 0 Å². The predicted molar refractivity (Wildman–Crippen MR) is 78.2 cm³/mol. The number of rotatable bonds is 7. The molecule has 1 aromatic rings. The third kappa shape index (κ3) is 4.91. The SMILES string of the molecule is CN(C)c1ccc(CNC(=O)CNCC2CC2)cc1. The number of hydrogen-bond donors (Lipinski definition) is 2. The number of hydrogen-bond acceptors (Lipinski definition) is 3. The zero-order chi connectivity index (χ0) is 13.7. The monoisotopic (exact) mass is 261 g/mol. The molecule has 0 aromatic heterocycles. The quantitative estimate of drug-likeness (QED) is 0.779. The van der Waals surface area contributed by atoms with E-state index >= 15 is 0 Å². The summed E-state index contributed by atoms with van der Waals surface area (Å²) < 4.78 is 0. The second-order valence-corrected chi connectivity index (χ2v) is 5.41. The maximum absolute atomic E-state index is 11.6. The first-order valence-corrected chi connectivity index (χ1v) is 6.89. The molecule has 4 nitrogen and oxygen atoms in total. The largest absolute Gasteiger partial charge is 0.378 e. The minimum Gasteiger partial charge on any atom is -0.378 e. The van der Waals surface area contributed by atoms with E-state index in [-0.39, 0.29) is 5.91 Å². The van der Waals surface area contributed by atoms with Gasteiger partial charge in [-0.2, -0.15) is 0 Å². The average molecular weight is 261 g/mol. The highest BCUT2D eigenvalue weighted by Gasteiger charge is 2.20. The van der Waals surface area contributed by atoms with Crippen LogP contribution in [0, 0.1) is 5.92 Å². The number of carbonyl (C=O) groups excluding carboxylic acids is 1. The molecule has 0 unspecified atom stereocenters. The minimum absolute atomic E-state index is 0.0670. The van der Waals surface area contributed by atoms with E-state index in [4.69, 9.17) is 0 Å². The summed E-state index contributed by atoms with van der Waals surface area (Å²) >= 11 is 0. The molecule has 0 spiro atoms. The molecule has 19 heavy (non-hydrogen) atoms. The highest BCUT2D eigenvalue weighted by Crippen LogP contribution is 2.27. The number of benzene rings is 1. The van der Waals surface area contributed by atoms with Crippen molar-refractivity contribution in [3.63, 3.8) is 0 Å². The molecule has 2 rings (SSSR count). The molecule has 0 aliphatic heterocycles. The van der Waals surface area contributed by atoms with Crippen molar-refractivity contribution >= 4 is 11.6 Å². The van der Waals surface area contributed by atoms with Gasteiger partial charge in [0.25, 0.3) is 0 Å². The van der Waals surface area contributed by atoms with Gasteiger partial charge in [-0.15, -0.1) is 0 Å². The Balaban J connectivity index is 1.67. The smallest absolute Gasteiger partial charge is 0.234 e. The van der Waals surface area contributed by atoms with Crippen LogP contribution in [-0.2, 0) is 11.3 Å². The number of nitrogens with zero attached hydrogens (tertiary/aromatic N) is 1. The van der Waals surface area contributed by atoms with Crippen LogP contribution in [-0.4, -0.2) is 33.1 Å². The van der Waals surface area contributed by atoms with Crippen molar-refractivity contribution in [3.05, 3.63) is 29.8 Å². The first-order valence-electron chi connectivity index (χ1n) is 6.89. The Labute approximate surface area is 115 Å². The van der Waals surface area contributed by atoms with Gasteiger partial charge in [0.1, 0.15) is 0 Å². The Morgan fingerprint density at radius 1 is 1.26 bits per heavy atom. The van der Waals surface area contributed by atoms with Gasteiger partial charge in [-0.3, -0.25) is 4.79 Å². The van der Waals surface area contributed by atoms with Crippen LogP contribution in [0.25, 0.3) is 0 Å². The molecule has 0 atom stereocenters. The Hall–Kier alpha value is -1.55. The van der Waals surface area contributed by atoms with Gasteiger partial charge in [-0.25, -0.2) is 0 Å². The van der Waals surface area contributed by atoms with Crippen LogP contribution in [0.5, 0.6) is 0 Å². The zero-order valence-corrected chi connectivity index (χ0v) is 11.8. The molecule has 1 aromatic carbocycles. The second kappa shape index (κ2) is 6.57. The van der Waals surface area contributed by atoms with Crippen molar-refractivity contribution in [1.29, 1.82) is 0 Å². The molecular formula is C15H23N3O. The molecule has 1 saturated carbocycles. The summed E-state index contributed by atoms with van der Waals surface area (Å²) in [5.74, 6) is 0.878. The predicted octanol–water partition coefficient (Wildman–Crippen LogP) is 1.37. The van der Waals surface area contributed by atoms with E-state index in [0.29, 0.717) is 13.1 Å². The lowest BCUT2D eigenvalue weighted by Crippen LogP contribution is -2.34. The summed E-state index contributed by atoms with van der Waals surface area (Å²) in [6, 6.07) is 8.22. The van der Waals surface area contributed by atoms with Crippen molar-refractivity contribution in [2.75, 3.05) is 32.1 Å². The van der Waals surface area contributed by atoms with Gasteiger partial charge in [0.05, 0.1) is 6.54 Å². The molecule has 0 radical (unpaired) electrons. The molecule has 1 amide bonds. The molecule has 1 aliphatic carbocycles. The molecule has 4 heteroatoms. The molecular weight excluding hydrogens is 238 g/mol. The van der Waals surface area contributed by atoms with Crippen LogP contribution in [0.2, 0.25) is 0 Å². The first kappa shape index (κ1) is 13.9. The first-order chi connectivity index (χ1) is 9.15. The summed E-state index contributed by atoms with van der Waals surface area (Å²) in [5, 5.41) is 6.12. The average Bonchev–Trinajstić information content (AvgIpc) is 3.21. The van der Waals surface area contributed by atoms with Gasteiger partial charge >= 0.3 is 0 Å². The van der Waals surface area contributed by atoms with E-state index in [0.717, 1.165) is 18.0 Å². The minimum atomic E-state index is 0.0670. The summed E-state index contributed by atoms with van der Waals surface area (Å²) in [4.78, 5) is 13.7. The van der Waals surface area contributed by atoms with Gasteiger partial charge < -0.3 is 15.5 Å². The van der Waals surface area contributed by atoms with Crippen LogP contribution in [0.15, 0.2) is 24.3 Å². The molecule has 0 heterocycles. The van der Waals surface area contributed by atoms with Gasteiger partial charge in [-0.05, 0) is 43.0 Å². The van der Waals surface area contributed by atoms with Gasteiger partial charge in [0, 0.05) is 26.3 Å². The Kier molecular flexibility index (Phi) is 4.80. The van der Waals surface area contributed by atoms with Gasteiger partial charge in [0.2, 0.25) is 5.91 Å². The Morgan fingerprint density at radius 3 is 2.53 bits per heavy atom. The van der Waals surface area contributed by atoms with Gasteiger partial charge in [-0.1, -0.05) is 12.1 Å². The third-order valence-electron chi connectivity index (χ3n) is 3.36. The number of nitrogens with one attached hydrogen (secondary N) is 2. The normalized spacial score (nSPS) is 14.2. The Morgan fingerprint density at radius 2 is 1.95 bits per heavy atom. The second-order valence-electron chi connectivity index (χ2n) is 5.41. The van der Waals surface area contributed by atoms with Crippen LogP contribution in [0.3, 0.4) is 0 Å². The molecule has 1 aliphatic rings. The molecule has 0 saturated heterocycles. The van der Waals surface area contributed by atoms with Crippen molar-refractivity contribution in [2.45, 2.75) is 19.4 Å². The van der Waals surface area contributed by atoms with Crippen molar-refractivity contribution in [2.24, 2.45) is 5.92 Å². The number of amides is 1. The fourth-order valence-electron chi connectivity index (χ4n) is 1.89. The topological polar surface area (TPSA) is 44.4 Å². The lowest BCUT2D eigenvalue weighted by Gasteiger charge is -2.13. The summed E-state index contributed by atoms with van der Waals surface area (Å²) in [6.07, 6.45) is 2.62. The lowest BCUT2D eigenvalue weighted by molar-refractivity contribution is -0.120. The molecule has 1 fully saturated rings. The van der Waals surface area contributed by atoms with E-state index in [2.05, 4.69) is 27.7 Å². The third-order valence-corrected chi connectivity index (χ3v) is 3.36. The van der Waals surface area contributed by atoms with E-state index in [1.54, 1.807) is 0 Å². The molecule has 0 bridgehead atoms. The van der Waals surface area contributed by atoms with E-state index in [1.165, 1.54) is 18.5 Å². The van der Waals surface area contributed by atoms with Crippen LogP contribution < -0.4 is 15.5 Å². The van der Waals surface area contributed by atoms with E-state index < -0.39 is 0 Å². The maximum Gasteiger partial charge on any atom is 0.234 e. The lowest BCUT2D eigenvalue weighted by atomic mass is 10.2. The summed E-state index contributed by atoms with van der Waals surface area (Å²) in [5.41, 5.74) is 2.29.